The van der Waals surface area contributed by atoms with E-state index in [1.165, 1.54) is 14.0 Å². The number of nitriles is 1. The van der Waals surface area contributed by atoms with Crippen molar-refractivity contribution in [2.75, 3.05) is 5.73 Å². The van der Waals surface area contributed by atoms with Crippen LogP contribution in [-0.4, -0.2) is 4.57 Å². The van der Waals surface area contributed by atoms with E-state index in [0.29, 0.717) is 0 Å². The zero-order valence-electron chi connectivity index (χ0n) is 7.26. The Hall–Kier alpha value is -1.83. The predicted octanol–water partition coefficient (Wildman–Crippen LogP) is 0.287. The highest BCUT2D eigenvalue weighted by atomic mass is 19.1. The number of rotatable bonds is 0. The summed E-state index contributed by atoms with van der Waals surface area (Å²) < 4.78 is 14.2. The molecule has 1 heterocycles. The van der Waals surface area contributed by atoms with Crippen LogP contribution in [0, 0.1) is 24.1 Å². The summed E-state index contributed by atoms with van der Waals surface area (Å²) >= 11 is 0. The van der Waals surface area contributed by atoms with Crippen LogP contribution in [0.1, 0.15) is 11.1 Å². The van der Waals surface area contributed by atoms with E-state index in [4.69, 9.17) is 11.0 Å². The fourth-order valence-corrected chi connectivity index (χ4v) is 1.03. The molecule has 0 aliphatic rings. The number of hydrogen-bond acceptors (Lipinski definition) is 3. The summed E-state index contributed by atoms with van der Waals surface area (Å²) in [7, 11) is 1.39. The van der Waals surface area contributed by atoms with Gasteiger partial charge < -0.3 is 5.73 Å². The number of pyridine rings is 1. The third kappa shape index (κ3) is 1.16. The molecular weight excluding hydrogens is 173 g/mol. The normalized spacial score (nSPS) is 9.69. The van der Waals surface area contributed by atoms with Crippen LogP contribution in [0.25, 0.3) is 0 Å². The second-order valence-electron chi connectivity index (χ2n) is 2.68. The summed E-state index contributed by atoms with van der Waals surface area (Å²) in [4.78, 5) is 11.2. The lowest BCUT2D eigenvalue weighted by Gasteiger charge is -2.07. The minimum absolute atomic E-state index is 0.0896. The van der Waals surface area contributed by atoms with E-state index >= 15 is 0 Å². The number of aromatic nitrogens is 1. The van der Waals surface area contributed by atoms with Crippen LogP contribution in [-0.2, 0) is 7.05 Å². The number of halogens is 1. The molecule has 68 valence electrons. The minimum Gasteiger partial charge on any atom is -0.384 e. The standard InChI is InChI=1S/C8H8FN3O/c1-4-6(9)5(3-10)7(11)12(2)8(4)13/h11H2,1-2H3. The molecule has 0 fully saturated rings. The van der Waals surface area contributed by atoms with Crippen molar-refractivity contribution in [2.45, 2.75) is 6.92 Å². The maximum Gasteiger partial charge on any atom is 0.257 e. The first kappa shape index (κ1) is 9.26. The van der Waals surface area contributed by atoms with E-state index in [1.807, 2.05) is 0 Å². The van der Waals surface area contributed by atoms with E-state index in [9.17, 15) is 9.18 Å². The van der Waals surface area contributed by atoms with Crippen LogP contribution >= 0.6 is 0 Å². The molecule has 0 saturated heterocycles. The average molecular weight is 181 g/mol. The third-order valence-corrected chi connectivity index (χ3v) is 1.90. The average Bonchev–Trinajstić information content (AvgIpc) is 2.13. The van der Waals surface area contributed by atoms with Gasteiger partial charge in [-0.05, 0) is 6.92 Å². The first-order valence-corrected chi connectivity index (χ1v) is 3.55. The van der Waals surface area contributed by atoms with Gasteiger partial charge in [0.25, 0.3) is 5.56 Å². The zero-order valence-corrected chi connectivity index (χ0v) is 7.26. The van der Waals surface area contributed by atoms with Gasteiger partial charge in [-0.25, -0.2) is 4.39 Å². The van der Waals surface area contributed by atoms with Crippen molar-refractivity contribution in [3.63, 3.8) is 0 Å². The van der Waals surface area contributed by atoms with Gasteiger partial charge in [-0.2, -0.15) is 5.26 Å². The largest absolute Gasteiger partial charge is 0.384 e. The maximum absolute atomic E-state index is 13.2. The lowest BCUT2D eigenvalue weighted by atomic mass is 10.2. The predicted molar refractivity (Wildman–Crippen MR) is 45.5 cm³/mol. The summed E-state index contributed by atoms with van der Waals surface area (Å²) in [6, 6.07) is 1.61. The molecule has 0 aromatic carbocycles. The lowest BCUT2D eigenvalue weighted by Crippen LogP contribution is -2.25. The fraction of sp³-hybridized carbons (Fsp3) is 0.250. The summed E-state index contributed by atoms with van der Waals surface area (Å²) in [6.07, 6.45) is 0. The Morgan fingerprint density at radius 1 is 1.62 bits per heavy atom. The summed E-state index contributed by atoms with van der Waals surface area (Å²) in [5.41, 5.74) is 4.48. The highest BCUT2D eigenvalue weighted by molar-refractivity contribution is 5.51. The van der Waals surface area contributed by atoms with Crippen molar-refractivity contribution >= 4 is 5.82 Å². The van der Waals surface area contributed by atoms with Crippen LogP contribution in [0.2, 0.25) is 0 Å². The quantitative estimate of drug-likeness (QED) is 0.625. The van der Waals surface area contributed by atoms with Gasteiger partial charge in [0.05, 0.1) is 5.56 Å². The molecule has 0 unspecified atom stereocenters. The zero-order chi connectivity index (χ0) is 10.2. The van der Waals surface area contributed by atoms with Gasteiger partial charge in [-0.15, -0.1) is 0 Å². The van der Waals surface area contributed by atoms with Crippen LogP contribution in [0.4, 0.5) is 10.2 Å². The Morgan fingerprint density at radius 2 is 2.15 bits per heavy atom. The highest BCUT2D eigenvalue weighted by Gasteiger charge is 2.15. The van der Waals surface area contributed by atoms with E-state index in [0.717, 1.165) is 4.57 Å². The van der Waals surface area contributed by atoms with Crippen molar-refractivity contribution in [3.8, 4) is 6.07 Å². The fourth-order valence-electron chi connectivity index (χ4n) is 1.03. The van der Waals surface area contributed by atoms with Gasteiger partial charge in [0, 0.05) is 7.05 Å². The summed E-state index contributed by atoms with van der Waals surface area (Å²) in [5, 5.41) is 8.55. The molecule has 5 heteroatoms. The molecule has 1 aromatic heterocycles. The summed E-state index contributed by atoms with van der Waals surface area (Å²) in [6.45, 7) is 1.32. The van der Waals surface area contributed by atoms with Crippen LogP contribution in [0.3, 0.4) is 0 Å². The van der Waals surface area contributed by atoms with E-state index in [1.54, 1.807) is 6.07 Å². The number of nitrogens with zero attached hydrogens (tertiary/aromatic N) is 2. The molecule has 1 aromatic rings. The van der Waals surface area contributed by atoms with Gasteiger partial charge in [-0.1, -0.05) is 0 Å². The Bertz CT molecular complexity index is 424. The SMILES string of the molecule is Cc1c(F)c(C#N)c(N)n(C)c1=O. The van der Waals surface area contributed by atoms with Crippen LogP contribution < -0.4 is 11.3 Å². The van der Waals surface area contributed by atoms with E-state index < -0.39 is 11.4 Å². The van der Waals surface area contributed by atoms with Crippen molar-refractivity contribution in [1.29, 1.82) is 5.26 Å². The molecule has 0 aliphatic heterocycles. The molecule has 0 aliphatic carbocycles. The first-order valence-electron chi connectivity index (χ1n) is 3.55. The van der Waals surface area contributed by atoms with E-state index in [-0.39, 0.29) is 16.9 Å². The molecular formula is C8H8FN3O. The van der Waals surface area contributed by atoms with Crippen LogP contribution in [0.5, 0.6) is 0 Å². The number of anilines is 1. The van der Waals surface area contributed by atoms with Crippen molar-refractivity contribution in [2.24, 2.45) is 7.05 Å². The molecule has 0 spiro atoms. The van der Waals surface area contributed by atoms with E-state index in [2.05, 4.69) is 0 Å². The molecule has 4 nitrogen and oxygen atoms in total. The topological polar surface area (TPSA) is 71.8 Å². The van der Waals surface area contributed by atoms with Gasteiger partial charge in [0.15, 0.2) is 5.82 Å². The maximum atomic E-state index is 13.2. The minimum atomic E-state index is -0.830. The highest BCUT2D eigenvalue weighted by Crippen LogP contribution is 2.13. The number of hydrogen-bond donors (Lipinski definition) is 1. The van der Waals surface area contributed by atoms with Crippen molar-refractivity contribution in [3.05, 3.63) is 27.3 Å². The van der Waals surface area contributed by atoms with Crippen molar-refractivity contribution < 1.29 is 4.39 Å². The molecule has 0 bridgehead atoms. The Kier molecular flexibility index (Phi) is 2.07. The van der Waals surface area contributed by atoms with Crippen LogP contribution in [0.15, 0.2) is 4.79 Å². The lowest BCUT2D eigenvalue weighted by molar-refractivity contribution is 0.603. The molecule has 1 rings (SSSR count). The monoisotopic (exact) mass is 181 g/mol. The Labute approximate surface area is 74.0 Å². The van der Waals surface area contributed by atoms with Gasteiger partial charge in [0.1, 0.15) is 17.5 Å². The number of nitrogen functional groups attached to an aromatic ring is 1. The molecule has 0 saturated carbocycles. The molecule has 2 N–H and O–H groups in total. The van der Waals surface area contributed by atoms with Gasteiger partial charge >= 0.3 is 0 Å². The molecule has 0 atom stereocenters. The first-order chi connectivity index (χ1) is 6.00. The Morgan fingerprint density at radius 3 is 2.62 bits per heavy atom. The molecule has 0 amide bonds. The smallest absolute Gasteiger partial charge is 0.257 e. The van der Waals surface area contributed by atoms with Crippen molar-refractivity contribution in [1.82, 2.24) is 4.57 Å². The van der Waals surface area contributed by atoms with Gasteiger partial charge in [0.2, 0.25) is 0 Å². The molecule has 0 radical (unpaired) electrons. The second-order valence-corrected chi connectivity index (χ2v) is 2.68. The molecule has 13 heavy (non-hydrogen) atoms. The summed E-state index contributed by atoms with van der Waals surface area (Å²) in [5.74, 6) is -0.973. The second kappa shape index (κ2) is 2.90. The number of nitrogens with two attached hydrogens (primary N) is 1. The van der Waals surface area contributed by atoms with Gasteiger partial charge in [-0.3, -0.25) is 9.36 Å². The third-order valence-electron chi connectivity index (χ3n) is 1.90. The Balaban J connectivity index is 3.80.